The topological polar surface area (TPSA) is 133 Å². The third-order valence-electron chi connectivity index (χ3n) is 5.85. The number of unbranched alkanes of at least 4 members (excludes halogenated alkanes) is 1. The number of hydrogen-bond donors (Lipinski definition) is 3. The molecule has 2 aromatic heterocycles. The predicted octanol–water partition coefficient (Wildman–Crippen LogP) is 3.44. The predicted molar refractivity (Wildman–Crippen MR) is 148 cm³/mol. The number of carbonyl (C=O) groups excluding carboxylic acids is 1. The molecule has 5 rings (SSSR count). The van der Waals surface area contributed by atoms with Crippen molar-refractivity contribution in [1.82, 2.24) is 35.5 Å². The highest BCUT2D eigenvalue weighted by Gasteiger charge is 2.31. The fraction of sp³-hybridized carbons (Fsp3) is 0.240. The lowest BCUT2D eigenvalue weighted by atomic mass is 10.0. The van der Waals surface area contributed by atoms with Gasteiger partial charge in [-0.15, -0.1) is 10.2 Å². The minimum Gasteiger partial charge on any atom is -0.395 e. The molecule has 0 aliphatic carbocycles. The maximum Gasteiger partial charge on any atom is 0.266 e. The number of aliphatic hydroxyl groups is 1. The van der Waals surface area contributed by atoms with Crippen molar-refractivity contribution in [1.29, 1.82) is 0 Å². The molecule has 3 heterocycles. The molecule has 37 heavy (non-hydrogen) atoms. The van der Waals surface area contributed by atoms with Gasteiger partial charge in [0.15, 0.2) is 5.82 Å². The Morgan fingerprint density at radius 2 is 2.03 bits per heavy atom. The maximum atomic E-state index is 13.0. The SMILES string of the molecule is O=C1/C(=C/c2cccc(-c3ccc4ncnc(NCCO)c4c3)c2)SC(=S)N1CCCCc1nn[nH]n1. The zero-order chi connectivity index (χ0) is 25.6. The minimum atomic E-state index is -0.0672. The molecular formula is C25H24N8O2S2. The van der Waals surface area contributed by atoms with Crippen LogP contribution in [0.1, 0.15) is 24.2 Å². The number of anilines is 1. The van der Waals surface area contributed by atoms with E-state index in [1.165, 1.54) is 18.1 Å². The average molecular weight is 533 g/mol. The molecule has 10 nitrogen and oxygen atoms in total. The van der Waals surface area contributed by atoms with Gasteiger partial charge in [-0.2, -0.15) is 5.21 Å². The molecular weight excluding hydrogens is 508 g/mol. The molecule has 188 valence electrons. The first kappa shape index (κ1) is 24.9. The Hall–Kier alpha value is -3.74. The summed E-state index contributed by atoms with van der Waals surface area (Å²) in [7, 11) is 0. The van der Waals surface area contributed by atoms with E-state index in [-0.39, 0.29) is 12.5 Å². The van der Waals surface area contributed by atoms with E-state index in [2.05, 4.69) is 35.9 Å². The van der Waals surface area contributed by atoms with Crippen LogP contribution in [0.4, 0.5) is 5.82 Å². The Bertz CT molecular complexity index is 1460. The molecule has 1 fully saturated rings. The fourth-order valence-electron chi connectivity index (χ4n) is 4.04. The number of fused-ring (bicyclic) bond motifs is 1. The quantitative estimate of drug-likeness (QED) is 0.158. The van der Waals surface area contributed by atoms with Gasteiger partial charge in [-0.3, -0.25) is 9.69 Å². The summed E-state index contributed by atoms with van der Waals surface area (Å²) in [6.45, 7) is 0.980. The third kappa shape index (κ3) is 5.82. The second-order valence-corrected chi connectivity index (χ2v) is 10.0. The second-order valence-electron chi connectivity index (χ2n) is 8.35. The van der Waals surface area contributed by atoms with Crippen LogP contribution in [0.15, 0.2) is 53.7 Å². The number of tetrazole rings is 1. The van der Waals surface area contributed by atoms with Crippen molar-refractivity contribution in [3.05, 3.63) is 65.1 Å². The van der Waals surface area contributed by atoms with Crippen molar-refractivity contribution >= 4 is 57.0 Å². The monoisotopic (exact) mass is 532 g/mol. The van der Waals surface area contributed by atoms with Crippen LogP contribution >= 0.6 is 24.0 Å². The molecule has 0 spiro atoms. The van der Waals surface area contributed by atoms with Gasteiger partial charge in [0.2, 0.25) is 0 Å². The number of aromatic amines is 1. The number of amides is 1. The van der Waals surface area contributed by atoms with E-state index in [9.17, 15) is 4.79 Å². The summed E-state index contributed by atoms with van der Waals surface area (Å²) in [6.07, 6.45) is 5.73. The van der Waals surface area contributed by atoms with E-state index < -0.39 is 0 Å². The standard InChI is InChI=1S/C25H24N8O2S2/c34-11-9-26-23-19-14-18(7-8-20(19)27-15-28-23)17-5-3-4-16(12-17)13-21-24(35)33(25(36)37-21)10-2-1-6-22-29-31-32-30-22/h3-5,7-8,12-15,34H,1-2,6,9-11H2,(H,26,27,28)(H,29,30,31,32)/b21-13-. The van der Waals surface area contributed by atoms with Gasteiger partial charge in [0.25, 0.3) is 5.91 Å². The van der Waals surface area contributed by atoms with Gasteiger partial charge >= 0.3 is 0 Å². The largest absolute Gasteiger partial charge is 0.395 e. The van der Waals surface area contributed by atoms with Crippen LogP contribution in [0, 0.1) is 0 Å². The van der Waals surface area contributed by atoms with Gasteiger partial charge in [-0.05, 0) is 53.8 Å². The Morgan fingerprint density at radius 3 is 2.86 bits per heavy atom. The number of thiocarbonyl (C=S) groups is 1. The van der Waals surface area contributed by atoms with Crippen molar-refractivity contribution in [2.24, 2.45) is 0 Å². The van der Waals surface area contributed by atoms with Crippen molar-refractivity contribution in [2.75, 3.05) is 25.0 Å². The molecule has 0 saturated carbocycles. The molecule has 0 bridgehead atoms. The van der Waals surface area contributed by atoms with Crippen molar-refractivity contribution in [3.8, 4) is 11.1 Å². The van der Waals surface area contributed by atoms with Crippen LogP contribution in [0.25, 0.3) is 28.1 Å². The average Bonchev–Trinajstić information content (AvgIpc) is 3.53. The lowest BCUT2D eigenvalue weighted by Crippen LogP contribution is -2.29. The highest BCUT2D eigenvalue weighted by Crippen LogP contribution is 2.34. The number of benzene rings is 2. The van der Waals surface area contributed by atoms with Crippen LogP contribution < -0.4 is 5.32 Å². The van der Waals surface area contributed by atoms with Gasteiger partial charge in [-0.1, -0.05) is 53.5 Å². The van der Waals surface area contributed by atoms with Crippen LogP contribution in [0.3, 0.4) is 0 Å². The molecule has 12 heteroatoms. The van der Waals surface area contributed by atoms with E-state index in [4.69, 9.17) is 17.3 Å². The number of thioether (sulfide) groups is 1. The summed E-state index contributed by atoms with van der Waals surface area (Å²) < 4.78 is 0.574. The third-order valence-corrected chi connectivity index (χ3v) is 7.23. The summed E-state index contributed by atoms with van der Waals surface area (Å²) in [5.74, 6) is 1.28. The summed E-state index contributed by atoms with van der Waals surface area (Å²) in [5.41, 5.74) is 3.73. The Labute approximate surface area is 222 Å². The first-order valence-corrected chi connectivity index (χ1v) is 13.0. The molecule has 0 radical (unpaired) electrons. The van der Waals surface area contributed by atoms with Gasteiger partial charge in [-0.25, -0.2) is 9.97 Å². The Morgan fingerprint density at radius 1 is 1.14 bits per heavy atom. The van der Waals surface area contributed by atoms with Crippen LogP contribution in [0.2, 0.25) is 0 Å². The highest BCUT2D eigenvalue weighted by molar-refractivity contribution is 8.26. The highest BCUT2D eigenvalue weighted by atomic mass is 32.2. The van der Waals surface area contributed by atoms with Crippen LogP contribution in [-0.2, 0) is 11.2 Å². The number of aromatic nitrogens is 6. The van der Waals surface area contributed by atoms with Gasteiger partial charge < -0.3 is 10.4 Å². The van der Waals surface area contributed by atoms with E-state index in [0.29, 0.717) is 40.4 Å². The fourth-order valence-corrected chi connectivity index (χ4v) is 5.35. The first-order chi connectivity index (χ1) is 18.1. The molecule has 0 atom stereocenters. The van der Waals surface area contributed by atoms with Crippen LogP contribution in [-0.4, -0.2) is 70.5 Å². The zero-order valence-electron chi connectivity index (χ0n) is 19.8. The number of H-pyrrole nitrogens is 1. The van der Waals surface area contributed by atoms with Crippen molar-refractivity contribution in [3.63, 3.8) is 0 Å². The first-order valence-electron chi connectivity index (χ1n) is 11.8. The van der Waals surface area contributed by atoms with E-state index in [0.717, 1.165) is 40.4 Å². The lowest BCUT2D eigenvalue weighted by Gasteiger charge is -2.13. The second kappa shape index (κ2) is 11.5. The number of nitrogens with zero attached hydrogens (tertiary/aromatic N) is 6. The van der Waals surface area contributed by atoms with Crippen LogP contribution in [0.5, 0.6) is 0 Å². The Balaban J connectivity index is 1.30. The zero-order valence-corrected chi connectivity index (χ0v) is 21.4. The van der Waals surface area contributed by atoms with Crippen molar-refractivity contribution in [2.45, 2.75) is 19.3 Å². The van der Waals surface area contributed by atoms with Gasteiger partial charge in [0.05, 0.1) is 17.0 Å². The lowest BCUT2D eigenvalue weighted by molar-refractivity contribution is -0.122. The minimum absolute atomic E-state index is 0.0136. The molecule has 3 N–H and O–H groups in total. The smallest absolute Gasteiger partial charge is 0.266 e. The number of nitrogens with one attached hydrogen (secondary N) is 2. The number of rotatable bonds is 10. The molecule has 1 aliphatic rings. The number of aliphatic hydroxyl groups excluding tert-OH is 1. The summed E-state index contributed by atoms with van der Waals surface area (Å²) in [4.78, 5) is 24.0. The molecule has 1 saturated heterocycles. The Kier molecular flexibility index (Phi) is 7.78. The van der Waals surface area contributed by atoms with E-state index in [1.807, 2.05) is 48.5 Å². The van der Waals surface area contributed by atoms with E-state index >= 15 is 0 Å². The normalized spacial score (nSPS) is 14.7. The summed E-state index contributed by atoms with van der Waals surface area (Å²) >= 11 is 6.81. The molecule has 1 aliphatic heterocycles. The molecule has 2 aromatic carbocycles. The summed E-state index contributed by atoms with van der Waals surface area (Å²) in [6, 6.07) is 14.0. The molecule has 0 unspecified atom stereocenters. The maximum absolute atomic E-state index is 13.0. The number of aryl methyl sites for hydroxylation is 1. The number of hydrogen-bond acceptors (Lipinski definition) is 10. The van der Waals surface area contributed by atoms with Crippen molar-refractivity contribution < 1.29 is 9.90 Å². The van der Waals surface area contributed by atoms with E-state index in [1.54, 1.807) is 4.90 Å². The molecule has 1 amide bonds. The molecule has 4 aromatic rings. The van der Waals surface area contributed by atoms with Gasteiger partial charge in [0.1, 0.15) is 16.5 Å². The van der Waals surface area contributed by atoms with Gasteiger partial charge in [0, 0.05) is 24.9 Å². The number of carbonyl (C=O) groups is 1. The summed E-state index contributed by atoms with van der Waals surface area (Å²) in [5, 5.41) is 27.1.